The van der Waals surface area contributed by atoms with Crippen LogP contribution in [0.15, 0.2) is 25.3 Å². The van der Waals surface area contributed by atoms with E-state index in [9.17, 15) is 14.2 Å². The van der Waals surface area contributed by atoms with Crippen LogP contribution in [0, 0.1) is 0 Å². The Hall–Kier alpha value is -1.08. The minimum Gasteiger partial charge on any atom is -0.480 e. The van der Waals surface area contributed by atoms with E-state index in [1.165, 1.54) is 0 Å². The fourth-order valence-electron chi connectivity index (χ4n) is 0.719. The van der Waals surface area contributed by atoms with E-state index >= 15 is 0 Å². The number of carbonyl (C=O) groups is 2. The van der Waals surface area contributed by atoms with E-state index in [-0.39, 0.29) is 0 Å². The standard InChI is InChI=1S/C8H12NO6PS/c1-3-5(7(10)11)15-16(9,14)17-6(4-2)8(12)13/h3-6H,1-2H2,(H2,9,14)(H,10,11)(H,12,13). The highest BCUT2D eigenvalue weighted by molar-refractivity contribution is 8.56. The maximum Gasteiger partial charge on any atom is 0.337 e. The molecule has 0 amide bonds. The zero-order valence-corrected chi connectivity index (χ0v) is 10.4. The van der Waals surface area contributed by atoms with Crippen molar-refractivity contribution in [2.24, 2.45) is 5.50 Å². The normalized spacial score (nSPS) is 17.5. The molecular formula is C8H12NO6PS. The molecule has 0 bridgehead atoms. The van der Waals surface area contributed by atoms with Gasteiger partial charge in [0, 0.05) is 0 Å². The van der Waals surface area contributed by atoms with Crippen LogP contribution in [-0.4, -0.2) is 33.5 Å². The number of nitrogens with two attached hydrogens (primary N) is 1. The summed E-state index contributed by atoms with van der Waals surface area (Å²) in [5, 5.41) is 16.0. The molecule has 0 fully saturated rings. The topological polar surface area (TPSA) is 127 Å². The van der Waals surface area contributed by atoms with Crippen molar-refractivity contribution in [3.05, 3.63) is 25.3 Å². The van der Waals surface area contributed by atoms with Gasteiger partial charge in [0.2, 0.25) is 0 Å². The van der Waals surface area contributed by atoms with Crippen LogP contribution in [-0.2, 0) is 18.7 Å². The van der Waals surface area contributed by atoms with E-state index in [1.54, 1.807) is 0 Å². The van der Waals surface area contributed by atoms with Crippen LogP contribution in [0.2, 0.25) is 0 Å². The highest BCUT2D eigenvalue weighted by Crippen LogP contribution is 2.55. The van der Waals surface area contributed by atoms with Gasteiger partial charge in [0.1, 0.15) is 5.25 Å². The molecule has 0 spiro atoms. The number of carboxylic acid groups (broad SMARTS) is 2. The van der Waals surface area contributed by atoms with Crippen molar-refractivity contribution in [3.8, 4) is 0 Å². The molecule has 0 heterocycles. The van der Waals surface area contributed by atoms with Gasteiger partial charge in [-0.2, -0.15) is 0 Å². The Morgan fingerprint density at radius 1 is 1.29 bits per heavy atom. The Balaban J connectivity index is 4.73. The molecule has 0 aromatic carbocycles. The summed E-state index contributed by atoms with van der Waals surface area (Å²) >= 11 is 0.299. The molecule has 4 N–H and O–H groups in total. The van der Waals surface area contributed by atoms with Gasteiger partial charge in [-0.1, -0.05) is 18.7 Å². The summed E-state index contributed by atoms with van der Waals surface area (Å²) in [6, 6.07) is 0. The summed E-state index contributed by atoms with van der Waals surface area (Å²) in [6.07, 6.45) is 0.351. The molecule has 17 heavy (non-hydrogen) atoms. The summed E-state index contributed by atoms with van der Waals surface area (Å²) in [4.78, 5) is 21.2. The van der Waals surface area contributed by atoms with Crippen LogP contribution < -0.4 is 5.50 Å². The van der Waals surface area contributed by atoms with Gasteiger partial charge >= 0.3 is 18.7 Å². The first kappa shape index (κ1) is 15.9. The monoisotopic (exact) mass is 281 g/mol. The predicted molar refractivity (Wildman–Crippen MR) is 63.7 cm³/mol. The zero-order chi connectivity index (χ0) is 13.6. The van der Waals surface area contributed by atoms with E-state index in [2.05, 4.69) is 17.7 Å². The van der Waals surface area contributed by atoms with Crippen molar-refractivity contribution in [3.63, 3.8) is 0 Å². The molecule has 96 valence electrons. The molecule has 0 aromatic rings. The van der Waals surface area contributed by atoms with Crippen LogP contribution in [0.3, 0.4) is 0 Å². The predicted octanol–water partition coefficient (Wildman–Crippen LogP) is 1.08. The van der Waals surface area contributed by atoms with Gasteiger partial charge < -0.3 is 10.2 Å². The lowest BCUT2D eigenvalue weighted by atomic mass is 10.4. The highest BCUT2D eigenvalue weighted by Gasteiger charge is 2.31. The van der Waals surface area contributed by atoms with E-state index in [0.717, 1.165) is 12.2 Å². The number of carboxylic acids is 2. The SMILES string of the molecule is C=CC(OP(N)(=O)SC(C=C)C(=O)O)C(=O)O. The zero-order valence-electron chi connectivity index (χ0n) is 8.68. The third-order valence-corrected chi connectivity index (χ3v) is 4.69. The Bertz CT molecular complexity index is 352. The maximum absolute atomic E-state index is 11.7. The average Bonchev–Trinajstić information content (AvgIpc) is 2.22. The molecule has 0 rings (SSSR count). The molecule has 0 saturated heterocycles. The molecule has 0 aliphatic heterocycles. The second-order valence-corrected chi connectivity index (χ2v) is 6.91. The summed E-state index contributed by atoms with van der Waals surface area (Å²) < 4.78 is 16.3. The number of rotatable bonds is 8. The van der Waals surface area contributed by atoms with Crippen molar-refractivity contribution >= 4 is 30.0 Å². The lowest BCUT2D eigenvalue weighted by Gasteiger charge is -2.17. The third-order valence-electron chi connectivity index (χ3n) is 1.44. The number of hydrogen-bond donors (Lipinski definition) is 3. The largest absolute Gasteiger partial charge is 0.480 e. The average molecular weight is 281 g/mol. The van der Waals surface area contributed by atoms with Crippen molar-refractivity contribution in [1.82, 2.24) is 0 Å². The van der Waals surface area contributed by atoms with E-state index in [0.29, 0.717) is 11.4 Å². The Kier molecular flexibility index (Phi) is 6.19. The van der Waals surface area contributed by atoms with Gasteiger partial charge in [0.05, 0.1) is 0 Å². The molecule has 0 aromatic heterocycles. The van der Waals surface area contributed by atoms with Crippen molar-refractivity contribution < 1.29 is 28.9 Å². The van der Waals surface area contributed by atoms with Crippen molar-refractivity contribution in [2.45, 2.75) is 11.4 Å². The summed E-state index contributed by atoms with van der Waals surface area (Å²) in [5.74, 6) is -2.72. The fourth-order valence-corrected chi connectivity index (χ4v) is 3.66. The first-order valence-corrected chi connectivity index (χ1v) is 7.37. The minimum atomic E-state index is -3.93. The summed E-state index contributed by atoms with van der Waals surface area (Å²) in [7, 11) is 0. The van der Waals surface area contributed by atoms with Crippen LogP contribution in [0.5, 0.6) is 0 Å². The lowest BCUT2D eigenvalue weighted by molar-refractivity contribution is -0.142. The van der Waals surface area contributed by atoms with Gasteiger partial charge in [-0.25, -0.2) is 4.79 Å². The van der Waals surface area contributed by atoms with Gasteiger partial charge in [0.15, 0.2) is 6.10 Å². The first-order valence-electron chi connectivity index (χ1n) is 4.19. The molecule has 0 radical (unpaired) electrons. The summed E-state index contributed by atoms with van der Waals surface area (Å²) in [6.45, 7) is 2.47. The van der Waals surface area contributed by atoms with Crippen LogP contribution in [0.1, 0.15) is 0 Å². The van der Waals surface area contributed by atoms with Gasteiger partial charge in [-0.3, -0.25) is 19.4 Å². The molecule has 3 unspecified atom stereocenters. The fraction of sp³-hybridized carbons (Fsp3) is 0.250. The Labute approximate surface area is 102 Å². The lowest BCUT2D eigenvalue weighted by Crippen LogP contribution is -2.22. The van der Waals surface area contributed by atoms with E-state index < -0.39 is 30.0 Å². The molecule has 0 saturated carbocycles. The maximum atomic E-state index is 11.7. The van der Waals surface area contributed by atoms with E-state index in [4.69, 9.17) is 15.7 Å². The van der Waals surface area contributed by atoms with Gasteiger partial charge in [0.25, 0.3) is 0 Å². The van der Waals surface area contributed by atoms with Crippen LogP contribution >= 0.6 is 18.1 Å². The quantitative estimate of drug-likeness (QED) is 0.445. The van der Waals surface area contributed by atoms with Gasteiger partial charge in [-0.05, 0) is 11.4 Å². The first-order chi connectivity index (χ1) is 7.73. The van der Waals surface area contributed by atoms with E-state index in [1.807, 2.05) is 0 Å². The molecule has 7 nitrogen and oxygen atoms in total. The number of aliphatic carboxylic acids is 2. The number of hydrogen-bond acceptors (Lipinski definition) is 5. The second kappa shape index (κ2) is 6.61. The molecular weight excluding hydrogens is 269 g/mol. The second-order valence-electron chi connectivity index (χ2n) is 2.74. The van der Waals surface area contributed by atoms with Crippen molar-refractivity contribution in [1.29, 1.82) is 0 Å². The van der Waals surface area contributed by atoms with Crippen LogP contribution in [0.4, 0.5) is 0 Å². The van der Waals surface area contributed by atoms with Gasteiger partial charge in [-0.15, -0.1) is 6.58 Å². The Morgan fingerprint density at radius 3 is 2.12 bits per heavy atom. The third kappa shape index (κ3) is 5.69. The van der Waals surface area contributed by atoms with Crippen molar-refractivity contribution in [2.75, 3.05) is 0 Å². The highest BCUT2D eigenvalue weighted by atomic mass is 32.7. The smallest absolute Gasteiger partial charge is 0.337 e. The summed E-state index contributed by atoms with van der Waals surface area (Å²) in [5.41, 5.74) is 5.22. The molecule has 0 aliphatic rings. The Morgan fingerprint density at radius 2 is 1.82 bits per heavy atom. The molecule has 9 heteroatoms. The minimum absolute atomic E-state index is 0.299. The van der Waals surface area contributed by atoms with Crippen LogP contribution in [0.25, 0.3) is 0 Å². The molecule has 0 aliphatic carbocycles. The molecule has 3 atom stereocenters.